The van der Waals surface area contributed by atoms with Crippen LogP contribution in [0, 0.1) is 12.8 Å². The number of thioether (sulfide) groups is 1. The smallest absolute Gasteiger partial charge is 0.348 e. The molecule has 1 saturated heterocycles. The number of esters is 1. The lowest BCUT2D eigenvalue weighted by atomic mass is 9.92. The van der Waals surface area contributed by atoms with E-state index in [4.69, 9.17) is 20.4 Å². The molecule has 3 aromatic rings. The summed E-state index contributed by atoms with van der Waals surface area (Å²) in [4.78, 5) is 38.9. The third-order valence-corrected chi connectivity index (χ3v) is 8.12. The zero-order chi connectivity index (χ0) is 23.5. The molecule has 2 atom stereocenters. The summed E-state index contributed by atoms with van der Waals surface area (Å²) in [5.74, 6) is 1.21. The Morgan fingerprint density at radius 1 is 1.24 bits per heavy atom. The van der Waals surface area contributed by atoms with E-state index in [1.165, 1.54) is 11.3 Å². The van der Waals surface area contributed by atoms with E-state index in [1.807, 2.05) is 25.1 Å². The molecule has 9 heteroatoms. The van der Waals surface area contributed by atoms with Crippen LogP contribution in [0.2, 0.25) is 0 Å². The van der Waals surface area contributed by atoms with E-state index < -0.39 is 0 Å². The number of aryl methyl sites for hydroxylation is 1. The largest absolute Gasteiger partial charge is 0.462 e. The SMILES string of the molecule is CCOC(=O)c1sc2nc(CSc3ccccc3)nc(N3CC(C(N)=O)CCC3C)c2c1C. The van der Waals surface area contributed by atoms with Crippen LogP contribution in [-0.2, 0) is 15.3 Å². The summed E-state index contributed by atoms with van der Waals surface area (Å²) in [5.41, 5.74) is 6.47. The molecule has 0 aliphatic carbocycles. The van der Waals surface area contributed by atoms with Crippen LogP contribution in [0.4, 0.5) is 5.82 Å². The highest BCUT2D eigenvalue weighted by molar-refractivity contribution is 7.98. The van der Waals surface area contributed by atoms with E-state index in [2.05, 4.69) is 24.0 Å². The first-order chi connectivity index (χ1) is 15.9. The van der Waals surface area contributed by atoms with Crippen molar-refractivity contribution in [2.45, 2.75) is 50.3 Å². The molecule has 4 rings (SSSR count). The number of thiophene rings is 1. The second-order valence-electron chi connectivity index (χ2n) is 8.20. The van der Waals surface area contributed by atoms with Crippen LogP contribution in [0.15, 0.2) is 35.2 Å². The number of nitrogens with two attached hydrogens (primary N) is 1. The summed E-state index contributed by atoms with van der Waals surface area (Å²) in [6, 6.07) is 10.3. The van der Waals surface area contributed by atoms with Crippen LogP contribution in [0.3, 0.4) is 0 Å². The predicted octanol–water partition coefficient (Wildman–Crippen LogP) is 4.56. The van der Waals surface area contributed by atoms with Crippen molar-refractivity contribution in [1.29, 1.82) is 0 Å². The van der Waals surface area contributed by atoms with Gasteiger partial charge in [-0.25, -0.2) is 14.8 Å². The number of rotatable bonds is 7. The van der Waals surface area contributed by atoms with Gasteiger partial charge < -0.3 is 15.4 Å². The second-order valence-corrected chi connectivity index (χ2v) is 10.2. The standard InChI is InChI=1S/C24H28N4O3S2/c1-4-31-24(30)20-15(3)19-22(28-12-16(21(25)29)11-10-14(28)2)26-18(27-23(19)33-20)13-32-17-8-6-5-7-9-17/h5-9,14,16H,4,10-13H2,1-3H3,(H2,25,29). The predicted molar refractivity (Wildman–Crippen MR) is 133 cm³/mol. The molecule has 3 heterocycles. The molecule has 1 aliphatic heterocycles. The zero-order valence-electron chi connectivity index (χ0n) is 19.0. The van der Waals surface area contributed by atoms with Gasteiger partial charge in [0.1, 0.15) is 21.3 Å². The van der Waals surface area contributed by atoms with Gasteiger partial charge in [-0.15, -0.1) is 23.1 Å². The van der Waals surface area contributed by atoms with Crippen molar-refractivity contribution in [2.24, 2.45) is 11.7 Å². The molecule has 1 fully saturated rings. The minimum absolute atomic E-state index is 0.193. The number of aromatic nitrogens is 2. The Morgan fingerprint density at radius 2 is 2.00 bits per heavy atom. The van der Waals surface area contributed by atoms with Crippen LogP contribution >= 0.6 is 23.1 Å². The third-order valence-electron chi connectivity index (χ3n) is 5.95. The van der Waals surface area contributed by atoms with Gasteiger partial charge in [0.15, 0.2) is 0 Å². The van der Waals surface area contributed by atoms with E-state index in [9.17, 15) is 9.59 Å². The summed E-state index contributed by atoms with van der Waals surface area (Å²) < 4.78 is 5.27. The molecular formula is C24H28N4O3S2. The molecule has 1 aliphatic rings. The Balaban J connectivity index is 1.78. The van der Waals surface area contributed by atoms with Crippen molar-refractivity contribution >= 4 is 51.0 Å². The Morgan fingerprint density at radius 3 is 2.70 bits per heavy atom. The first-order valence-corrected chi connectivity index (χ1v) is 12.9. The van der Waals surface area contributed by atoms with Gasteiger partial charge in [0.05, 0.1) is 23.7 Å². The Labute approximate surface area is 201 Å². The Hall–Kier alpha value is -2.65. The van der Waals surface area contributed by atoms with Crippen LogP contribution in [0.5, 0.6) is 0 Å². The molecule has 7 nitrogen and oxygen atoms in total. The van der Waals surface area contributed by atoms with Gasteiger partial charge in [0.25, 0.3) is 0 Å². The zero-order valence-corrected chi connectivity index (χ0v) is 20.7. The molecule has 2 unspecified atom stereocenters. The molecule has 0 radical (unpaired) electrons. The van der Waals surface area contributed by atoms with Crippen LogP contribution in [-0.4, -0.2) is 41.0 Å². The van der Waals surface area contributed by atoms with Crippen LogP contribution in [0.1, 0.15) is 47.7 Å². The second kappa shape index (κ2) is 10.1. The number of anilines is 1. The summed E-state index contributed by atoms with van der Waals surface area (Å²) in [6.45, 7) is 6.67. The van der Waals surface area contributed by atoms with E-state index in [-0.39, 0.29) is 23.8 Å². The van der Waals surface area contributed by atoms with E-state index in [1.54, 1.807) is 18.7 Å². The topological polar surface area (TPSA) is 98.4 Å². The number of carbonyl (C=O) groups excluding carboxylic acids is 2. The third kappa shape index (κ3) is 4.99. The lowest BCUT2D eigenvalue weighted by molar-refractivity contribution is -0.122. The minimum Gasteiger partial charge on any atom is -0.462 e. The summed E-state index contributed by atoms with van der Waals surface area (Å²) in [7, 11) is 0. The maximum absolute atomic E-state index is 12.6. The molecule has 0 bridgehead atoms. The number of benzene rings is 1. The number of carbonyl (C=O) groups is 2. The molecule has 174 valence electrons. The minimum atomic E-state index is -0.342. The molecule has 0 saturated carbocycles. The number of ether oxygens (including phenoxy) is 1. The average molecular weight is 485 g/mol. The maximum atomic E-state index is 12.6. The van der Waals surface area contributed by atoms with Crippen LogP contribution < -0.4 is 10.6 Å². The summed E-state index contributed by atoms with van der Waals surface area (Å²) in [6.07, 6.45) is 1.62. The van der Waals surface area contributed by atoms with Crippen molar-refractivity contribution in [2.75, 3.05) is 18.1 Å². The molecule has 2 N–H and O–H groups in total. The van der Waals surface area contributed by atoms with Gasteiger partial charge >= 0.3 is 5.97 Å². The van der Waals surface area contributed by atoms with Gasteiger partial charge in [-0.3, -0.25) is 4.79 Å². The number of amides is 1. The van der Waals surface area contributed by atoms with Gasteiger partial charge in [0, 0.05) is 17.5 Å². The molecule has 0 spiro atoms. The summed E-state index contributed by atoms with van der Waals surface area (Å²) >= 11 is 3.01. The van der Waals surface area contributed by atoms with Gasteiger partial charge in [-0.1, -0.05) is 18.2 Å². The quantitative estimate of drug-likeness (QED) is 0.388. The van der Waals surface area contributed by atoms with Gasteiger partial charge in [-0.05, 0) is 51.3 Å². The van der Waals surface area contributed by atoms with E-state index in [0.29, 0.717) is 29.6 Å². The fourth-order valence-electron chi connectivity index (χ4n) is 4.12. The highest BCUT2D eigenvalue weighted by Gasteiger charge is 2.32. The highest BCUT2D eigenvalue weighted by Crippen LogP contribution is 2.39. The van der Waals surface area contributed by atoms with Gasteiger partial charge in [-0.2, -0.15) is 0 Å². The van der Waals surface area contributed by atoms with Crippen molar-refractivity contribution in [1.82, 2.24) is 9.97 Å². The number of hydrogen-bond donors (Lipinski definition) is 1. The fraction of sp³-hybridized carbons (Fsp3) is 0.417. The monoisotopic (exact) mass is 484 g/mol. The first-order valence-electron chi connectivity index (χ1n) is 11.1. The number of fused-ring (bicyclic) bond motifs is 1. The highest BCUT2D eigenvalue weighted by atomic mass is 32.2. The molecule has 33 heavy (non-hydrogen) atoms. The van der Waals surface area contributed by atoms with Gasteiger partial charge in [0.2, 0.25) is 5.91 Å². The first kappa shape index (κ1) is 23.5. The van der Waals surface area contributed by atoms with E-state index >= 15 is 0 Å². The lowest BCUT2D eigenvalue weighted by Gasteiger charge is -2.38. The fourth-order valence-corrected chi connectivity index (χ4v) is 5.99. The normalized spacial score (nSPS) is 18.5. The lowest BCUT2D eigenvalue weighted by Crippen LogP contribution is -2.46. The molecular weight excluding hydrogens is 456 g/mol. The number of piperidine rings is 1. The average Bonchev–Trinajstić information content (AvgIpc) is 3.15. The van der Waals surface area contributed by atoms with Crippen molar-refractivity contribution in [3.63, 3.8) is 0 Å². The Bertz CT molecular complexity index is 1170. The molecule has 1 amide bonds. The summed E-state index contributed by atoms with van der Waals surface area (Å²) in [5, 5.41) is 0.855. The molecule has 1 aromatic carbocycles. The van der Waals surface area contributed by atoms with Crippen molar-refractivity contribution in [3.05, 3.63) is 46.6 Å². The van der Waals surface area contributed by atoms with Crippen molar-refractivity contribution in [3.8, 4) is 0 Å². The number of nitrogens with zero attached hydrogens (tertiary/aromatic N) is 3. The molecule has 2 aromatic heterocycles. The Kier molecular flexibility index (Phi) is 7.19. The van der Waals surface area contributed by atoms with Crippen LogP contribution in [0.25, 0.3) is 10.2 Å². The number of primary amides is 1. The van der Waals surface area contributed by atoms with Crippen molar-refractivity contribution < 1.29 is 14.3 Å². The van der Waals surface area contributed by atoms with E-state index in [0.717, 1.165) is 39.3 Å². The maximum Gasteiger partial charge on any atom is 0.348 e. The number of hydrogen-bond acceptors (Lipinski definition) is 8.